The smallest absolute Gasteiger partial charge is 0.148 e. The number of benzene rings is 2. The van der Waals surface area contributed by atoms with Gasteiger partial charge in [-0.1, -0.05) is 11.6 Å². The number of hydrogen-bond acceptors (Lipinski definition) is 5. The first-order valence-corrected chi connectivity index (χ1v) is 7.23. The molecule has 3 aromatic rings. The van der Waals surface area contributed by atoms with Crippen LogP contribution in [0.5, 0.6) is 11.5 Å². The van der Waals surface area contributed by atoms with E-state index in [4.69, 9.17) is 16.3 Å². The second kappa shape index (κ2) is 6.22. The SMILES string of the molecule is COc1ccc2ncc(C#N)c(Nc3cc(O)c(Cl)cc3F)c2c1. The fourth-order valence-corrected chi connectivity index (χ4v) is 2.44. The molecule has 0 atom stereocenters. The number of aromatic hydroxyl groups is 1. The quantitative estimate of drug-likeness (QED) is 0.739. The number of phenols is 1. The molecule has 1 heterocycles. The summed E-state index contributed by atoms with van der Waals surface area (Å²) >= 11 is 5.69. The summed E-state index contributed by atoms with van der Waals surface area (Å²) in [4.78, 5) is 4.20. The first-order valence-electron chi connectivity index (χ1n) is 6.85. The summed E-state index contributed by atoms with van der Waals surface area (Å²) in [7, 11) is 1.52. The third-order valence-electron chi connectivity index (χ3n) is 3.49. The van der Waals surface area contributed by atoms with Crippen LogP contribution in [-0.2, 0) is 0 Å². The monoisotopic (exact) mass is 343 g/mol. The van der Waals surface area contributed by atoms with Crippen molar-refractivity contribution < 1.29 is 14.2 Å². The van der Waals surface area contributed by atoms with Gasteiger partial charge in [-0.2, -0.15) is 5.26 Å². The normalized spacial score (nSPS) is 10.4. The van der Waals surface area contributed by atoms with Crippen molar-refractivity contribution in [3.8, 4) is 17.6 Å². The molecular weight excluding hydrogens is 333 g/mol. The molecule has 0 saturated carbocycles. The first kappa shape index (κ1) is 15.8. The number of ether oxygens (including phenoxy) is 1. The van der Waals surface area contributed by atoms with Crippen LogP contribution in [-0.4, -0.2) is 17.2 Å². The average molecular weight is 344 g/mol. The molecule has 0 amide bonds. The van der Waals surface area contributed by atoms with E-state index in [2.05, 4.69) is 10.3 Å². The number of nitrogens with one attached hydrogen (secondary N) is 1. The Morgan fingerprint density at radius 1 is 1.33 bits per heavy atom. The largest absolute Gasteiger partial charge is 0.506 e. The third kappa shape index (κ3) is 2.77. The zero-order chi connectivity index (χ0) is 17.3. The summed E-state index contributed by atoms with van der Waals surface area (Å²) in [6.07, 6.45) is 1.39. The molecule has 2 aromatic carbocycles. The molecule has 0 aliphatic rings. The molecule has 0 unspecified atom stereocenters. The van der Waals surface area contributed by atoms with E-state index in [1.807, 2.05) is 6.07 Å². The van der Waals surface area contributed by atoms with E-state index in [9.17, 15) is 14.8 Å². The number of anilines is 2. The Labute approximate surface area is 141 Å². The molecule has 0 fully saturated rings. The Kier molecular flexibility index (Phi) is 4.11. The highest BCUT2D eigenvalue weighted by molar-refractivity contribution is 6.32. The number of methoxy groups -OCH3 is 1. The Hall–Kier alpha value is -3.04. The van der Waals surface area contributed by atoms with Crippen LogP contribution in [0.2, 0.25) is 5.02 Å². The molecule has 0 bridgehead atoms. The Morgan fingerprint density at radius 3 is 2.83 bits per heavy atom. The van der Waals surface area contributed by atoms with Gasteiger partial charge in [0.2, 0.25) is 0 Å². The van der Waals surface area contributed by atoms with Gasteiger partial charge in [-0.15, -0.1) is 0 Å². The van der Waals surface area contributed by atoms with E-state index in [1.165, 1.54) is 13.3 Å². The standard InChI is InChI=1S/C17H11ClFN3O2/c1-24-10-2-3-14-11(4-10)17(9(7-20)8-21-14)22-15-6-16(23)12(18)5-13(15)19/h2-6,8,23H,1H3,(H,21,22). The number of aromatic nitrogens is 1. The van der Waals surface area contributed by atoms with Gasteiger partial charge in [0.15, 0.2) is 0 Å². The van der Waals surface area contributed by atoms with E-state index in [-0.39, 0.29) is 22.0 Å². The topological polar surface area (TPSA) is 78.2 Å². The van der Waals surface area contributed by atoms with Gasteiger partial charge >= 0.3 is 0 Å². The molecule has 5 nitrogen and oxygen atoms in total. The predicted octanol–water partition coefficient (Wildman–Crippen LogP) is 4.36. The fourth-order valence-electron chi connectivity index (χ4n) is 2.29. The zero-order valence-electron chi connectivity index (χ0n) is 12.5. The van der Waals surface area contributed by atoms with Crippen LogP contribution in [0.4, 0.5) is 15.8 Å². The Bertz CT molecular complexity index is 986. The molecule has 7 heteroatoms. The number of phenolic OH excluding ortho intramolecular Hbond substituents is 1. The number of halogens is 2. The zero-order valence-corrected chi connectivity index (χ0v) is 13.2. The number of pyridine rings is 1. The molecule has 0 aliphatic heterocycles. The highest BCUT2D eigenvalue weighted by Gasteiger charge is 2.14. The van der Waals surface area contributed by atoms with Gasteiger partial charge in [-0.25, -0.2) is 4.39 Å². The Morgan fingerprint density at radius 2 is 2.12 bits per heavy atom. The highest BCUT2D eigenvalue weighted by atomic mass is 35.5. The Balaban J connectivity index is 2.21. The van der Waals surface area contributed by atoms with Crippen molar-refractivity contribution in [3.05, 3.63) is 52.9 Å². The van der Waals surface area contributed by atoms with Gasteiger partial charge < -0.3 is 15.2 Å². The second-order valence-corrected chi connectivity index (χ2v) is 5.36. The number of nitrogens with zero attached hydrogens (tertiary/aromatic N) is 2. The summed E-state index contributed by atoms with van der Waals surface area (Å²) in [6.45, 7) is 0. The van der Waals surface area contributed by atoms with Gasteiger partial charge in [-0.3, -0.25) is 4.98 Å². The van der Waals surface area contributed by atoms with Crippen LogP contribution in [0.3, 0.4) is 0 Å². The molecule has 0 saturated heterocycles. The van der Waals surface area contributed by atoms with Crippen LogP contribution in [0.25, 0.3) is 10.9 Å². The van der Waals surface area contributed by atoms with Crippen molar-refractivity contribution in [3.63, 3.8) is 0 Å². The van der Waals surface area contributed by atoms with Crippen LogP contribution < -0.4 is 10.1 Å². The minimum atomic E-state index is -0.658. The maximum absolute atomic E-state index is 14.1. The van der Waals surface area contributed by atoms with Crippen molar-refractivity contribution in [2.24, 2.45) is 0 Å². The molecule has 120 valence electrons. The van der Waals surface area contributed by atoms with Gasteiger partial charge in [0, 0.05) is 17.6 Å². The van der Waals surface area contributed by atoms with Gasteiger partial charge in [-0.05, 0) is 24.3 Å². The van der Waals surface area contributed by atoms with Crippen LogP contribution in [0, 0.1) is 17.1 Å². The van der Waals surface area contributed by atoms with E-state index < -0.39 is 5.82 Å². The molecule has 0 spiro atoms. The minimum absolute atomic E-state index is 0.0104. The van der Waals surface area contributed by atoms with E-state index in [0.717, 1.165) is 12.1 Å². The number of fused-ring (bicyclic) bond motifs is 1. The maximum Gasteiger partial charge on any atom is 0.148 e. The van der Waals surface area contributed by atoms with Crippen LogP contribution in [0.1, 0.15) is 5.56 Å². The summed E-state index contributed by atoms with van der Waals surface area (Å²) in [5.74, 6) is -0.355. The van der Waals surface area contributed by atoms with E-state index in [0.29, 0.717) is 22.3 Å². The maximum atomic E-state index is 14.1. The molecule has 0 aliphatic carbocycles. The average Bonchev–Trinajstić information content (AvgIpc) is 2.59. The lowest BCUT2D eigenvalue weighted by Gasteiger charge is -2.13. The lowest BCUT2D eigenvalue weighted by molar-refractivity contribution is 0.415. The minimum Gasteiger partial charge on any atom is -0.506 e. The van der Waals surface area contributed by atoms with E-state index in [1.54, 1.807) is 18.2 Å². The molecule has 3 rings (SSSR count). The van der Waals surface area contributed by atoms with Gasteiger partial charge in [0.05, 0.1) is 34.6 Å². The van der Waals surface area contributed by atoms with Crippen LogP contribution >= 0.6 is 11.6 Å². The summed E-state index contributed by atoms with van der Waals surface area (Å²) in [6, 6.07) is 9.33. The molecule has 2 N–H and O–H groups in total. The van der Waals surface area contributed by atoms with Gasteiger partial charge in [0.1, 0.15) is 23.4 Å². The lowest BCUT2D eigenvalue weighted by Crippen LogP contribution is -1.99. The second-order valence-electron chi connectivity index (χ2n) is 4.95. The number of hydrogen-bond donors (Lipinski definition) is 2. The van der Waals surface area contributed by atoms with Gasteiger partial charge in [0.25, 0.3) is 0 Å². The van der Waals surface area contributed by atoms with Crippen molar-refractivity contribution in [2.45, 2.75) is 0 Å². The number of rotatable bonds is 3. The van der Waals surface area contributed by atoms with Crippen molar-refractivity contribution in [1.29, 1.82) is 5.26 Å². The lowest BCUT2D eigenvalue weighted by atomic mass is 10.1. The molecule has 1 aromatic heterocycles. The third-order valence-corrected chi connectivity index (χ3v) is 3.79. The van der Waals surface area contributed by atoms with Crippen molar-refractivity contribution >= 4 is 33.9 Å². The number of nitriles is 1. The predicted molar refractivity (Wildman–Crippen MR) is 89.4 cm³/mol. The van der Waals surface area contributed by atoms with Crippen LogP contribution in [0.15, 0.2) is 36.5 Å². The van der Waals surface area contributed by atoms with Crippen molar-refractivity contribution in [1.82, 2.24) is 4.98 Å². The summed E-state index contributed by atoms with van der Waals surface area (Å²) < 4.78 is 19.3. The highest BCUT2D eigenvalue weighted by Crippen LogP contribution is 2.35. The molecular formula is C17H11ClFN3O2. The molecule has 0 radical (unpaired) electrons. The van der Waals surface area contributed by atoms with Crippen molar-refractivity contribution in [2.75, 3.05) is 12.4 Å². The first-order chi connectivity index (χ1) is 11.5. The summed E-state index contributed by atoms with van der Waals surface area (Å²) in [5.41, 5.74) is 1.19. The molecule has 24 heavy (non-hydrogen) atoms. The van der Waals surface area contributed by atoms with E-state index >= 15 is 0 Å². The fraction of sp³-hybridized carbons (Fsp3) is 0.0588. The summed E-state index contributed by atoms with van der Waals surface area (Å²) in [5, 5.41) is 22.3.